The number of hydrogen-bond donors (Lipinski definition) is 1. The van der Waals surface area contributed by atoms with Crippen molar-refractivity contribution in [1.82, 2.24) is 0 Å². The number of halogens is 1. The Hall–Kier alpha value is -1.99. The average Bonchev–Trinajstić information content (AvgIpc) is 2.62. The van der Waals surface area contributed by atoms with E-state index in [0.717, 1.165) is 10.5 Å². The fraction of sp³-hybridized carbons (Fsp3) is 0.222. The predicted octanol–water partition coefficient (Wildman–Crippen LogP) is 3.96. The molecule has 0 aliphatic carbocycles. The summed E-state index contributed by atoms with van der Waals surface area (Å²) in [5, 5.41) is 2.63. The highest BCUT2D eigenvalue weighted by Crippen LogP contribution is 2.15. The number of ether oxygens (including phenoxy) is 1. The molecule has 132 valence electrons. The summed E-state index contributed by atoms with van der Waals surface area (Å²) >= 11 is 2.82. The molecule has 0 heterocycles. The number of esters is 1. The summed E-state index contributed by atoms with van der Waals surface area (Å²) in [6.07, 6.45) is 2.00. The molecule has 7 heteroatoms. The Kier molecular flexibility index (Phi) is 7.81. The standard InChI is InChI=1S/C18H18FNO3S2/c1-24-16-8-2-13(3-9-16)10-23-18(22)12-25-11-17(21)20-15-6-4-14(19)5-7-15/h2-9H,10-12H2,1H3,(H,20,21). The number of benzene rings is 2. The van der Waals surface area contributed by atoms with Gasteiger partial charge < -0.3 is 10.1 Å². The Morgan fingerprint density at radius 3 is 2.36 bits per heavy atom. The minimum atomic E-state index is -0.367. The van der Waals surface area contributed by atoms with Gasteiger partial charge in [-0.25, -0.2) is 4.39 Å². The molecule has 25 heavy (non-hydrogen) atoms. The Bertz CT molecular complexity index is 705. The lowest BCUT2D eigenvalue weighted by atomic mass is 10.2. The molecule has 1 amide bonds. The quantitative estimate of drug-likeness (QED) is 0.556. The van der Waals surface area contributed by atoms with Crippen molar-refractivity contribution in [3.8, 4) is 0 Å². The molecule has 0 bridgehead atoms. The second-order valence-corrected chi connectivity index (χ2v) is 6.92. The summed E-state index contributed by atoms with van der Waals surface area (Å²) in [5.41, 5.74) is 1.44. The molecule has 2 aromatic carbocycles. The Balaban J connectivity index is 1.64. The SMILES string of the molecule is CSc1ccc(COC(=O)CSCC(=O)Nc2ccc(F)cc2)cc1. The fourth-order valence-corrected chi connectivity index (χ4v) is 2.90. The molecule has 4 nitrogen and oxygen atoms in total. The van der Waals surface area contributed by atoms with Gasteiger partial charge in [0, 0.05) is 10.6 Å². The average molecular weight is 379 g/mol. The highest BCUT2D eigenvalue weighted by atomic mass is 32.2. The maximum absolute atomic E-state index is 12.8. The summed E-state index contributed by atoms with van der Waals surface area (Å²) in [6, 6.07) is 13.3. The number of carbonyl (C=O) groups is 2. The Morgan fingerprint density at radius 1 is 1.04 bits per heavy atom. The first-order valence-corrected chi connectivity index (χ1v) is 9.86. The van der Waals surface area contributed by atoms with Crippen LogP contribution in [-0.4, -0.2) is 29.6 Å². The number of nitrogens with one attached hydrogen (secondary N) is 1. The summed E-state index contributed by atoms with van der Waals surface area (Å²) in [7, 11) is 0. The molecule has 0 aromatic heterocycles. The van der Waals surface area contributed by atoms with Crippen LogP contribution < -0.4 is 5.32 Å². The topological polar surface area (TPSA) is 55.4 Å². The lowest BCUT2D eigenvalue weighted by Gasteiger charge is -2.06. The number of amides is 1. The minimum Gasteiger partial charge on any atom is -0.460 e. The third-order valence-corrected chi connectivity index (χ3v) is 4.79. The van der Waals surface area contributed by atoms with Crippen molar-refractivity contribution in [2.24, 2.45) is 0 Å². The van der Waals surface area contributed by atoms with E-state index in [9.17, 15) is 14.0 Å². The Labute approximate surface area is 154 Å². The second kappa shape index (κ2) is 10.1. The van der Waals surface area contributed by atoms with Crippen LogP contribution in [0.2, 0.25) is 0 Å². The highest BCUT2D eigenvalue weighted by molar-refractivity contribution is 8.00. The van der Waals surface area contributed by atoms with Gasteiger partial charge in [0.1, 0.15) is 12.4 Å². The zero-order chi connectivity index (χ0) is 18.1. The van der Waals surface area contributed by atoms with Crippen molar-refractivity contribution in [1.29, 1.82) is 0 Å². The Morgan fingerprint density at radius 2 is 1.72 bits per heavy atom. The zero-order valence-electron chi connectivity index (χ0n) is 13.7. The van der Waals surface area contributed by atoms with Crippen molar-refractivity contribution in [3.05, 3.63) is 59.9 Å². The number of anilines is 1. The van der Waals surface area contributed by atoms with Crippen LogP contribution in [0.3, 0.4) is 0 Å². The minimum absolute atomic E-state index is 0.0970. The zero-order valence-corrected chi connectivity index (χ0v) is 15.3. The smallest absolute Gasteiger partial charge is 0.316 e. The molecule has 0 aliphatic rings. The van der Waals surface area contributed by atoms with Gasteiger partial charge in [-0.2, -0.15) is 0 Å². The van der Waals surface area contributed by atoms with Crippen molar-refractivity contribution in [3.63, 3.8) is 0 Å². The van der Waals surface area contributed by atoms with Gasteiger partial charge in [-0.1, -0.05) is 12.1 Å². The van der Waals surface area contributed by atoms with E-state index in [1.54, 1.807) is 11.8 Å². The largest absolute Gasteiger partial charge is 0.460 e. The van der Waals surface area contributed by atoms with Crippen molar-refractivity contribution >= 4 is 41.1 Å². The van der Waals surface area contributed by atoms with Crippen LogP contribution in [0.4, 0.5) is 10.1 Å². The molecule has 0 atom stereocenters. The molecule has 1 N–H and O–H groups in total. The number of thioether (sulfide) groups is 2. The van der Waals surface area contributed by atoms with Gasteiger partial charge in [-0.05, 0) is 48.2 Å². The van der Waals surface area contributed by atoms with Crippen LogP contribution in [0.5, 0.6) is 0 Å². The molecule has 0 unspecified atom stereocenters. The van der Waals surface area contributed by atoms with E-state index in [1.807, 2.05) is 30.5 Å². The summed E-state index contributed by atoms with van der Waals surface area (Å²) in [6.45, 7) is 0.218. The first-order valence-electron chi connectivity index (χ1n) is 7.48. The molecule has 0 spiro atoms. The first kappa shape index (κ1) is 19.3. The molecular weight excluding hydrogens is 361 g/mol. The van der Waals surface area contributed by atoms with E-state index in [2.05, 4.69) is 5.32 Å². The van der Waals surface area contributed by atoms with Crippen molar-refractivity contribution in [2.45, 2.75) is 11.5 Å². The van der Waals surface area contributed by atoms with Gasteiger partial charge in [0.2, 0.25) is 5.91 Å². The molecule has 0 aliphatic heterocycles. The van der Waals surface area contributed by atoms with E-state index in [-0.39, 0.29) is 35.8 Å². The first-order chi connectivity index (χ1) is 12.1. The highest BCUT2D eigenvalue weighted by Gasteiger charge is 2.08. The molecule has 0 radical (unpaired) electrons. The van der Waals surface area contributed by atoms with E-state index >= 15 is 0 Å². The van der Waals surface area contributed by atoms with E-state index in [4.69, 9.17) is 4.74 Å². The predicted molar refractivity (Wildman–Crippen MR) is 100 cm³/mol. The molecule has 0 saturated carbocycles. The van der Waals surface area contributed by atoms with E-state index < -0.39 is 0 Å². The maximum atomic E-state index is 12.8. The van der Waals surface area contributed by atoms with Gasteiger partial charge in [-0.3, -0.25) is 9.59 Å². The number of carbonyl (C=O) groups excluding carboxylic acids is 2. The second-order valence-electron chi connectivity index (χ2n) is 5.06. The molecule has 2 aromatic rings. The lowest BCUT2D eigenvalue weighted by molar-refractivity contribution is -0.141. The normalized spacial score (nSPS) is 10.3. The van der Waals surface area contributed by atoms with Gasteiger partial charge >= 0.3 is 5.97 Å². The van der Waals surface area contributed by atoms with Crippen LogP contribution in [0.15, 0.2) is 53.4 Å². The van der Waals surface area contributed by atoms with Crippen LogP contribution in [0.25, 0.3) is 0 Å². The molecule has 2 rings (SSSR count). The van der Waals surface area contributed by atoms with Crippen LogP contribution >= 0.6 is 23.5 Å². The van der Waals surface area contributed by atoms with Crippen LogP contribution in [0.1, 0.15) is 5.56 Å². The van der Waals surface area contributed by atoms with Crippen molar-refractivity contribution in [2.75, 3.05) is 23.1 Å². The van der Waals surface area contributed by atoms with Gasteiger partial charge in [0.25, 0.3) is 0 Å². The van der Waals surface area contributed by atoms with Gasteiger partial charge in [0.05, 0.1) is 11.5 Å². The lowest BCUT2D eigenvalue weighted by Crippen LogP contribution is -2.16. The third kappa shape index (κ3) is 7.19. The monoisotopic (exact) mass is 379 g/mol. The number of rotatable bonds is 8. The third-order valence-electron chi connectivity index (χ3n) is 3.14. The van der Waals surface area contributed by atoms with Crippen LogP contribution in [0, 0.1) is 5.82 Å². The molecular formula is C18H18FNO3S2. The van der Waals surface area contributed by atoms with Crippen LogP contribution in [-0.2, 0) is 20.9 Å². The van der Waals surface area contributed by atoms with Crippen molar-refractivity contribution < 1.29 is 18.7 Å². The van der Waals surface area contributed by atoms with Gasteiger partial charge in [0.15, 0.2) is 0 Å². The summed E-state index contributed by atoms with van der Waals surface area (Å²) in [4.78, 5) is 24.6. The molecule has 0 fully saturated rings. The van der Waals surface area contributed by atoms with E-state index in [1.165, 1.54) is 36.0 Å². The summed E-state index contributed by atoms with van der Waals surface area (Å²) in [5.74, 6) is -0.766. The molecule has 0 saturated heterocycles. The summed E-state index contributed by atoms with van der Waals surface area (Å²) < 4.78 is 18.0. The maximum Gasteiger partial charge on any atom is 0.316 e. The number of hydrogen-bond acceptors (Lipinski definition) is 5. The van der Waals surface area contributed by atoms with E-state index in [0.29, 0.717) is 5.69 Å². The van der Waals surface area contributed by atoms with Gasteiger partial charge in [-0.15, -0.1) is 23.5 Å². The fourth-order valence-electron chi connectivity index (χ4n) is 1.88.